The summed E-state index contributed by atoms with van der Waals surface area (Å²) in [6.45, 7) is 0. The van der Waals surface area contributed by atoms with Gasteiger partial charge in [-0.25, -0.2) is 0 Å². The smallest absolute Gasteiger partial charge is 0.0462 e. The van der Waals surface area contributed by atoms with Crippen molar-refractivity contribution in [2.75, 3.05) is 4.90 Å². The van der Waals surface area contributed by atoms with E-state index in [2.05, 4.69) is 144 Å². The summed E-state index contributed by atoms with van der Waals surface area (Å²) in [7, 11) is 0. The van der Waals surface area contributed by atoms with Crippen LogP contribution >= 0.6 is 0 Å². The fourth-order valence-electron chi connectivity index (χ4n) is 4.68. The van der Waals surface area contributed by atoms with Crippen LogP contribution in [0.4, 0.5) is 17.1 Å². The van der Waals surface area contributed by atoms with E-state index in [0.717, 1.165) is 17.1 Å². The summed E-state index contributed by atoms with van der Waals surface area (Å²) < 4.78 is 0. The molecule has 0 bridgehead atoms. The van der Waals surface area contributed by atoms with E-state index < -0.39 is 0 Å². The molecular formula is C32H23N. The van der Waals surface area contributed by atoms with Gasteiger partial charge in [0.15, 0.2) is 0 Å². The van der Waals surface area contributed by atoms with Crippen LogP contribution in [-0.4, -0.2) is 0 Å². The molecule has 0 aliphatic carbocycles. The average molecular weight is 422 g/mol. The number of benzene rings is 6. The Hall–Kier alpha value is -4.36. The number of nitrogens with zero attached hydrogens (tertiary/aromatic N) is 1. The van der Waals surface area contributed by atoms with Gasteiger partial charge in [0.05, 0.1) is 0 Å². The van der Waals surface area contributed by atoms with Crippen molar-refractivity contribution in [1.29, 1.82) is 0 Å². The molecule has 0 radical (unpaired) electrons. The molecule has 1 heteroatoms. The first-order valence-corrected chi connectivity index (χ1v) is 11.3. The van der Waals surface area contributed by atoms with Crippen LogP contribution in [0.3, 0.4) is 0 Å². The molecule has 6 aromatic rings. The summed E-state index contributed by atoms with van der Waals surface area (Å²) in [6.07, 6.45) is 0. The lowest BCUT2D eigenvalue weighted by molar-refractivity contribution is 1.28. The lowest BCUT2D eigenvalue weighted by Gasteiger charge is -2.25. The topological polar surface area (TPSA) is 3.24 Å². The Kier molecular flexibility index (Phi) is 4.86. The minimum Gasteiger partial charge on any atom is -0.311 e. The third-order valence-corrected chi connectivity index (χ3v) is 6.23. The lowest BCUT2D eigenvalue weighted by atomic mass is 9.93. The molecule has 0 saturated carbocycles. The molecule has 6 aromatic carbocycles. The van der Waals surface area contributed by atoms with Gasteiger partial charge in [0.25, 0.3) is 0 Å². The van der Waals surface area contributed by atoms with E-state index in [1.165, 1.54) is 32.7 Å². The van der Waals surface area contributed by atoms with Crippen LogP contribution in [0.2, 0.25) is 0 Å². The quantitative estimate of drug-likeness (QED) is 0.256. The fourth-order valence-corrected chi connectivity index (χ4v) is 4.68. The van der Waals surface area contributed by atoms with E-state index >= 15 is 0 Å². The number of hydrogen-bond donors (Lipinski definition) is 0. The van der Waals surface area contributed by atoms with Crippen molar-refractivity contribution in [2.45, 2.75) is 0 Å². The molecule has 1 nitrogen and oxygen atoms in total. The van der Waals surface area contributed by atoms with Gasteiger partial charge in [-0.2, -0.15) is 0 Å². The maximum absolute atomic E-state index is 2.32. The fraction of sp³-hybridized carbons (Fsp3) is 0. The molecule has 0 fully saturated rings. The number of rotatable bonds is 4. The van der Waals surface area contributed by atoms with Gasteiger partial charge in [-0.05, 0) is 75.1 Å². The van der Waals surface area contributed by atoms with Crippen LogP contribution in [0.25, 0.3) is 32.7 Å². The number of anilines is 3. The van der Waals surface area contributed by atoms with Crippen molar-refractivity contribution in [3.8, 4) is 11.1 Å². The molecule has 0 N–H and O–H groups in total. The molecule has 0 atom stereocenters. The molecule has 0 aromatic heterocycles. The summed E-state index contributed by atoms with van der Waals surface area (Å²) in [5.41, 5.74) is 5.92. The number of para-hydroxylation sites is 2. The standard InChI is InChI=1S/C32H23N/c1-3-12-26(13-4-1)33(27-14-5-2-6-15-27)28-21-19-24(20-22-28)32-23-25-11-7-8-16-29(25)30-17-9-10-18-31(30)32/h1-23H. The van der Waals surface area contributed by atoms with Gasteiger partial charge in [-0.1, -0.05) is 97.1 Å². The zero-order valence-electron chi connectivity index (χ0n) is 18.2. The van der Waals surface area contributed by atoms with Gasteiger partial charge in [-0.3, -0.25) is 0 Å². The summed E-state index contributed by atoms with van der Waals surface area (Å²) in [5, 5.41) is 5.15. The van der Waals surface area contributed by atoms with Crippen molar-refractivity contribution in [2.24, 2.45) is 0 Å². The first-order valence-electron chi connectivity index (χ1n) is 11.3. The predicted octanol–water partition coefficient (Wildman–Crippen LogP) is 9.13. The van der Waals surface area contributed by atoms with E-state index in [0.29, 0.717) is 0 Å². The van der Waals surface area contributed by atoms with Crippen molar-refractivity contribution in [1.82, 2.24) is 0 Å². The van der Waals surface area contributed by atoms with Gasteiger partial charge in [0.2, 0.25) is 0 Å². The first-order chi connectivity index (χ1) is 16.4. The third-order valence-electron chi connectivity index (χ3n) is 6.23. The maximum atomic E-state index is 2.32. The summed E-state index contributed by atoms with van der Waals surface area (Å²) in [4.78, 5) is 2.29. The van der Waals surface area contributed by atoms with E-state index in [1.807, 2.05) is 0 Å². The average Bonchev–Trinajstić information content (AvgIpc) is 2.90. The highest BCUT2D eigenvalue weighted by molar-refractivity contribution is 6.13. The maximum Gasteiger partial charge on any atom is 0.0462 e. The molecule has 0 aliphatic heterocycles. The highest BCUT2D eigenvalue weighted by atomic mass is 15.1. The van der Waals surface area contributed by atoms with Crippen LogP contribution in [0.5, 0.6) is 0 Å². The molecule has 0 saturated heterocycles. The SMILES string of the molecule is c1ccc(N(c2ccccc2)c2ccc(-c3cc4ccccc4c4ccccc34)cc2)cc1. The van der Waals surface area contributed by atoms with E-state index in [4.69, 9.17) is 0 Å². The van der Waals surface area contributed by atoms with E-state index in [1.54, 1.807) is 0 Å². The summed E-state index contributed by atoms with van der Waals surface area (Å²) in [5.74, 6) is 0. The van der Waals surface area contributed by atoms with Gasteiger partial charge in [0, 0.05) is 17.1 Å². The third kappa shape index (κ3) is 3.54. The molecule has 0 spiro atoms. The Balaban J connectivity index is 1.49. The zero-order valence-corrected chi connectivity index (χ0v) is 18.2. The van der Waals surface area contributed by atoms with Crippen molar-refractivity contribution >= 4 is 38.6 Å². The monoisotopic (exact) mass is 421 g/mol. The van der Waals surface area contributed by atoms with Crippen LogP contribution in [0.1, 0.15) is 0 Å². The van der Waals surface area contributed by atoms with Gasteiger partial charge in [0.1, 0.15) is 0 Å². The second-order valence-electron chi connectivity index (χ2n) is 8.24. The van der Waals surface area contributed by atoms with Crippen LogP contribution in [-0.2, 0) is 0 Å². The minimum atomic E-state index is 1.14. The molecule has 6 rings (SSSR count). The number of fused-ring (bicyclic) bond motifs is 3. The molecule has 156 valence electrons. The van der Waals surface area contributed by atoms with Crippen molar-refractivity contribution < 1.29 is 0 Å². The van der Waals surface area contributed by atoms with E-state index in [9.17, 15) is 0 Å². The Bertz CT molecular complexity index is 1500. The first kappa shape index (κ1) is 19.3. The van der Waals surface area contributed by atoms with Gasteiger partial charge < -0.3 is 4.90 Å². The Labute approximate surface area is 194 Å². The normalized spacial score (nSPS) is 11.0. The molecule has 0 amide bonds. The Morgan fingerprint density at radius 1 is 0.364 bits per heavy atom. The molecular weight excluding hydrogens is 398 g/mol. The Morgan fingerprint density at radius 3 is 1.48 bits per heavy atom. The molecule has 0 aliphatic rings. The highest BCUT2D eigenvalue weighted by Gasteiger charge is 2.13. The van der Waals surface area contributed by atoms with Crippen molar-refractivity contribution in [3.05, 3.63) is 140 Å². The summed E-state index contributed by atoms with van der Waals surface area (Å²) in [6, 6.07) is 49.6. The zero-order chi connectivity index (χ0) is 22.0. The highest BCUT2D eigenvalue weighted by Crippen LogP contribution is 2.38. The Morgan fingerprint density at radius 2 is 0.848 bits per heavy atom. The van der Waals surface area contributed by atoms with Crippen LogP contribution in [0, 0.1) is 0 Å². The largest absolute Gasteiger partial charge is 0.311 e. The van der Waals surface area contributed by atoms with E-state index in [-0.39, 0.29) is 0 Å². The summed E-state index contributed by atoms with van der Waals surface area (Å²) >= 11 is 0. The minimum absolute atomic E-state index is 1.14. The molecule has 0 heterocycles. The number of hydrogen-bond acceptors (Lipinski definition) is 1. The second-order valence-corrected chi connectivity index (χ2v) is 8.24. The van der Waals surface area contributed by atoms with Crippen LogP contribution in [0.15, 0.2) is 140 Å². The molecule has 33 heavy (non-hydrogen) atoms. The lowest BCUT2D eigenvalue weighted by Crippen LogP contribution is -2.09. The molecule has 0 unspecified atom stereocenters. The predicted molar refractivity (Wildman–Crippen MR) is 142 cm³/mol. The van der Waals surface area contributed by atoms with Crippen LogP contribution < -0.4 is 4.90 Å². The second kappa shape index (κ2) is 8.29. The van der Waals surface area contributed by atoms with Crippen molar-refractivity contribution in [3.63, 3.8) is 0 Å². The van der Waals surface area contributed by atoms with Gasteiger partial charge in [-0.15, -0.1) is 0 Å². The van der Waals surface area contributed by atoms with Gasteiger partial charge >= 0.3 is 0 Å².